The molecule has 1 aromatic carbocycles. The summed E-state index contributed by atoms with van der Waals surface area (Å²) in [5.74, 6) is 0. The van der Waals surface area contributed by atoms with Gasteiger partial charge in [0.05, 0.1) is 4.92 Å². The summed E-state index contributed by atoms with van der Waals surface area (Å²) < 4.78 is 37.6. The van der Waals surface area contributed by atoms with Gasteiger partial charge in [-0.15, -0.1) is 11.8 Å². The fourth-order valence-corrected chi connectivity index (χ4v) is 1.77. The average Bonchev–Trinajstić information content (AvgIpc) is 2.15. The summed E-state index contributed by atoms with van der Waals surface area (Å²) in [4.78, 5) is 9.27. The second-order valence-corrected chi connectivity index (χ2v) is 3.46. The molecular weight excluding hydrogens is 231 g/mol. The standard InChI is InChI=1S/C8H6F3NO2S/c1-15-6-4-2-3-5(12(13)14)7(6)8(9,10)11/h2-4H,1H3. The van der Waals surface area contributed by atoms with E-state index in [9.17, 15) is 23.3 Å². The molecule has 7 heteroatoms. The van der Waals surface area contributed by atoms with Crippen LogP contribution in [0.3, 0.4) is 0 Å². The molecule has 0 radical (unpaired) electrons. The lowest BCUT2D eigenvalue weighted by Gasteiger charge is -2.10. The van der Waals surface area contributed by atoms with Gasteiger partial charge in [0, 0.05) is 11.0 Å². The van der Waals surface area contributed by atoms with Crippen LogP contribution in [-0.4, -0.2) is 11.2 Å². The topological polar surface area (TPSA) is 43.1 Å². The number of alkyl halides is 3. The molecule has 0 aliphatic heterocycles. The lowest BCUT2D eigenvalue weighted by molar-refractivity contribution is -0.388. The van der Waals surface area contributed by atoms with Crippen molar-refractivity contribution < 1.29 is 18.1 Å². The van der Waals surface area contributed by atoms with E-state index in [-0.39, 0.29) is 4.90 Å². The molecule has 0 fully saturated rings. The molecule has 0 bridgehead atoms. The minimum Gasteiger partial charge on any atom is -0.258 e. The van der Waals surface area contributed by atoms with E-state index in [1.54, 1.807) is 0 Å². The zero-order chi connectivity index (χ0) is 11.6. The maximum absolute atomic E-state index is 12.5. The van der Waals surface area contributed by atoms with E-state index in [2.05, 4.69) is 0 Å². The normalized spacial score (nSPS) is 11.5. The van der Waals surface area contributed by atoms with Crippen LogP contribution < -0.4 is 0 Å². The number of rotatable bonds is 2. The third-order valence-electron chi connectivity index (χ3n) is 1.70. The molecule has 1 aromatic rings. The van der Waals surface area contributed by atoms with Crippen LogP contribution in [0.25, 0.3) is 0 Å². The van der Waals surface area contributed by atoms with Crippen molar-refractivity contribution >= 4 is 17.4 Å². The Labute approximate surface area is 87.4 Å². The highest BCUT2D eigenvalue weighted by Gasteiger charge is 2.40. The van der Waals surface area contributed by atoms with Crippen molar-refractivity contribution in [1.29, 1.82) is 0 Å². The quantitative estimate of drug-likeness (QED) is 0.450. The van der Waals surface area contributed by atoms with E-state index in [0.717, 1.165) is 17.8 Å². The third-order valence-corrected chi connectivity index (χ3v) is 2.48. The number of thioether (sulfide) groups is 1. The zero-order valence-corrected chi connectivity index (χ0v) is 8.35. The minimum absolute atomic E-state index is 0.142. The SMILES string of the molecule is CSc1cccc([N+](=O)[O-])c1C(F)(F)F. The monoisotopic (exact) mass is 237 g/mol. The number of hydrogen-bond acceptors (Lipinski definition) is 3. The molecule has 0 heterocycles. The summed E-state index contributed by atoms with van der Waals surface area (Å²) in [5.41, 5.74) is -2.09. The summed E-state index contributed by atoms with van der Waals surface area (Å²) >= 11 is 0.829. The number of hydrogen-bond donors (Lipinski definition) is 0. The van der Waals surface area contributed by atoms with Crippen molar-refractivity contribution in [3.05, 3.63) is 33.9 Å². The Morgan fingerprint density at radius 2 is 2.00 bits per heavy atom. The van der Waals surface area contributed by atoms with Crippen molar-refractivity contribution in [2.75, 3.05) is 6.26 Å². The predicted molar refractivity (Wildman–Crippen MR) is 49.9 cm³/mol. The van der Waals surface area contributed by atoms with Crippen molar-refractivity contribution in [2.45, 2.75) is 11.1 Å². The Hall–Kier alpha value is -1.24. The molecular formula is C8H6F3NO2S. The van der Waals surface area contributed by atoms with Gasteiger partial charge in [0.2, 0.25) is 0 Å². The van der Waals surface area contributed by atoms with E-state index in [0.29, 0.717) is 0 Å². The number of halogens is 3. The van der Waals surface area contributed by atoms with Gasteiger partial charge in [-0.2, -0.15) is 13.2 Å². The molecule has 0 saturated heterocycles. The van der Waals surface area contributed by atoms with Crippen LogP contribution in [-0.2, 0) is 6.18 Å². The molecule has 0 unspecified atom stereocenters. The molecule has 0 aliphatic rings. The summed E-state index contributed by atoms with van der Waals surface area (Å²) in [6.45, 7) is 0. The van der Waals surface area contributed by atoms with Crippen LogP contribution in [0, 0.1) is 10.1 Å². The number of nitro groups is 1. The maximum Gasteiger partial charge on any atom is 0.424 e. The summed E-state index contributed by atoms with van der Waals surface area (Å²) in [5, 5.41) is 10.4. The lowest BCUT2D eigenvalue weighted by atomic mass is 10.2. The van der Waals surface area contributed by atoms with Crippen LogP contribution in [0.2, 0.25) is 0 Å². The van der Waals surface area contributed by atoms with Crippen molar-refractivity contribution in [2.24, 2.45) is 0 Å². The van der Waals surface area contributed by atoms with Gasteiger partial charge in [-0.1, -0.05) is 6.07 Å². The summed E-state index contributed by atoms with van der Waals surface area (Å²) in [6.07, 6.45) is -3.27. The highest BCUT2D eigenvalue weighted by atomic mass is 32.2. The average molecular weight is 237 g/mol. The van der Waals surface area contributed by atoms with E-state index in [1.165, 1.54) is 18.4 Å². The highest BCUT2D eigenvalue weighted by Crippen LogP contribution is 2.41. The van der Waals surface area contributed by atoms with Gasteiger partial charge in [0.15, 0.2) is 0 Å². The molecule has 0 saturated carbocycles. The van der Waals surface area contributed by atoms with E-state index in [1.807, 2.05) is 0 Å². The first kappa shape index (κ1) is 11.8. The van der Waals surface area contributed by atoms with Crippen molar-refractivity contribution in [3.63, 3.8) is 0 Å². The molecule has 0 atom stereocenters. The molecule has 82 valence electrons. The number of benzene rings is 1. The van der Waals surface area contributed by atoms with Gasteiger partial charge in [-0.05, 0) is 12.3 Å². The van der Waals surface area contributed by atoms with Gasteiger partial charge in [0.1, 0.15) is 5.56 Å². The van der Waals surface area contributed by atoms with Gasteiger partial charge in [-0.25, -0.2) is 0 Å². The fraction of sp³-hybridized carbons (Fsp3) is 0.250. The van der Waals surface area contributed by atoms with Crippen LogP contribution in [0.1, 0.15) is 5.56 Å². The Morgan fingerprint density at radius 1 is 1.40 bits per heavy atom. The molecule has 1 rings (SSSR count). The van der Waals surface area contributed by atoms with Crippen LogP contribution in [0.5, 0.6) is 0 Å². The molecule has 0 aromatic heterocycles. The van der Waals surface area contributed by atoms with Gasteiger partial charge >= 0.3 is 6.18 Å². The van der Waals surface area contributed by atoms with Crippen LogP contribution >= 0.6 is 11.8 Å². The number of nitrogens with zero attached hydrogens (tertiary/aromatic N) is 1. The molecule has 0 amide bonds. The van der Waals surface area contributed by atoms with E-state index in [4.69, 9.17) is 0 Å². The largest absolute Gasteiger partial charge is 0.424 e. The summed E-state index contributed by atoms with van der Waals surface area (Å²) in [7, 11) is 0. The van der Waals surface area contributed by atoms with Gasteiger partial charge in [-0.3, -0.25) is 10.1 Å². The maximum atomic E-state index is 12.5. The first-order chi connectivity index (χ1) is 6.88. The van der Waals surface area contributed by atoms with Crippen molar-refractivity contribution in [3.8, 4) is 0 Å². The fourth-order valence-electron chi connectivity index (χ4n) is 1.13. The first-order valence-electron chi connectivity index (χ1n) is 3.76. The van der Waals surface area contributed by atoms with E-state index >= 15 is 0 Å². The molecule has 15 heavy (non-hydrogen) atoms. The Morgan fingerprint density at radius 3 is 2.40 bits per heavy atom. The zero-order valence-electron chi connectivity index (χ0n) is 7.54. The van der Waals surface area contributed by atoms with Crippen LogP contribution in [0.4, 0.5) is 18.9 Å². The Kier molecular flexibility index (Phi) is 3.23. The number of nitro benzene ring substituents is 1. The third kappa shape index (κ3) is 2.41. The molecule has 0 spiro atoms. The summed E-state index contributed by atoms with van der Waals surface area (Å²) in [6, 6.07) is 3.29. The smallest absolute Gasteiger partial charge is 0.258 e. The van der Waals surface area contributed by atoms with E-state index < -0.39 is 22.4 Å². The highest BCUT2D eigenvalue weighted by molar-refractivity contribution is 7.98. The lowest BCUT2D eigenvalue weighted by Crippen LogP contribution is -2.10. The van der Waals surface area contributed by atoms with Gasteiger partial charge in [0.25, 0.3) is 5.69 Å². The van der Waals surface area contributed by atoms with Gasteiger partial charge < -0.3 is 0 Å². The second kappa shape index (κ2) is 4.09. The molecule has 0 aliphatic carbocycles. The second-order valence-electron chi connectivity index (χ2n) is 2.61. The Balaban J connectivity index is 3.47. The Bertz CT molecular complexity index is 392. The predicted octanol–water partition coefficient (Wildman–Crippen LogP) is 3.34. The van der Waals surface area contributed by atoms with Crippen LogP contribution in [0.15, 0.2) is 23.1 Å². The molecule has 3 nitrogen and oxygen atoms in total. The van der Waals surface area contributed by atoms with Crippen molar-refractivity contribution in [1.82, 2.24) is 0 Å². The first-order valence-corrected chi connectivity index (χ1v) is 4.99. The molecule has 0 N–H and O–H groups in total. The minimum atomic E-state index is -4.71.